The minimum Gasteiger partial charge on any atom is -0.475 e. The Labute approximate surface area is 278 Å². The van der Waals surface area contributed by atoms with Gasteiger partial charge >= 0.3 is 5.97 Å². The second kappa shape index (κ2) is 22.3. The molecule has 2 unspecified atom stereocenters. The minimum absolute atomic E-state index is 0.0686. The average molecular weight is 641 g/mol. The van der Waals surface area contributed by atoms with E-state index in [1.807, 2.05) is 6.07 Å². The second-order valence-corrected chi connectivity index (χ2v) is 13.9. The summed E-state index contributed by atoms with van der Waals surface area (Å²) in [7, 11) is 2.23. The molecular weight excluding hydrogens is 579 g/mol. The molecule has 0 saturated heterocycles. The number of benzene rings is 1. The fourth-order valence-corrected chi connectivity index (χ4v) is 6.89. The van der Waals surface area contributed by atoms with Crippen LogP contribution in [0.3, 0.4) is 0 Å². The first kappa shape index (κ1) is 37.2. The molecule has 7 heteroatoms. The molecular formula is C38H62N3O3S+. The number of nitrogens with zero attached hydrogens (tertiary/aromatic N) is 3. The molecule has 2 aromatic rings. The topological polar surface area (TPSA) is 61.3 Å². The van der Waals surface area contributed by atoms with Crippen LogP contribution in [0, 0.1) is 0 Å². The number of quaternary nitrogens is 1. The van der Waals surface area contributed by atoms with Gasteiger partial charge in [-0.05, 0) is 18.4 Å². The quantitative estimate of drug-likeness (QED) is 0.0614. The van der Waals surface area contributed by atoms with E-state index in [1.54, 1.807) is 0 Å². The molecule has 0 N–H and O–H groups in total. The molecule has 1 aromatic carbocycles. The lowest BCUT2D eigenvalue weighted by molar-refractivity contribution is -0.946. The lowest BCUT2D eigenvalue weighted by atomic mass is 10.0. The van der Waals surface area contributed by atoms with E-state index in [1.165, 1.54) is 107 Å². The normalized spacial score (nSPS) is 17.2. The van der Waals surface area contributed by atoms with Crippen LogP contribution in [-0.4, -0.2) is 52.2 Å². The van der Waals surface area contributed by atoms with Crippen molar-refractivity contribution in [3.05, 3.63) is 47.7 Å². The first-order valence-corrected chi connectivity index (χ1v) is 19.0. The van der Waals surface area contributed by atoms with Crippen molar-refractivity contribution >= 4 is 23.3 Å². The molecule has 2 heterocycles. The molecule has 6 nitrogen and oxygen atoms in total. The van der Waals surface area contributed by atoms with E-state index in [0.717, 1.165) is 50.0 Å². The zero-order valence-electron chi connectivity index (χ0n) is 28.8. The predicted octanol–water partition coefficient (Wildman–Crippen LogP) is 10.3. The Hall–Kier alpha value is -2.25. The highest BCUT2D eigenvalue weighted by Crippen LogP contribution is 2.33. The SMILES string of the molecule is CCCCCCCCCCCCCCCC(=O)OC(Cc1ccccc1)[N+]1(C)CCC=C(c2nsnc2OCCCCCC)C1. The third-order valence-electron chi connectivity index (χ3n) is 9.26. The van der Waals surface area contributed by atoms with Gasteiger partial charge in [-0.25, -0.2) is 0 Å². The summed E-state index contributed by atoms with van der Waals surface area (Å²) in [5.41, 5.74) is 3.20. The van der Waals surface area contributed by atoms with E-state index in [-0.39, 0.29) is 12.2 Å². The van der Waals surface area contributed by atoms with Crippen LogP contribution in [0.5, 0.6) is 5.88 Å². The van der Waals surface area contributed by atoms with E-state index in [4.69, 9.17) is 9.47 Å². The molecule has 45 heavy (non-hydrogen) atoms. The van der Waals surface area contributed by atoms with Crippen molar-refractivity contribution in [3.63, 3.8) is 0 Å². The third-order valence-corrected chi connectivity index (χ3v) is 9.77. The minimum atomic E-state index is -0.254. The van der Waals surface area contributed by atoms with Gasteiger partial charge in [-0.2, -0.15) is 4.37 Å². The molecule has 1 aliphatic rings. The van der Waals surface area contributed by atoms with E-state index < -0.39 is 0 Å². The van der Waals surface area contributed by atoms with Gasteiger partial charge in [0, 0.05) is 18.4 Å². The van der Waals surface area contributed by atoms with Crippen LogP contribution in [0.25, 0.3) is 5.57 Å². The van der Waals surface area contributed by atoms with Crippen molar-refractivity contribution in [2.45, 2.75) is 148 Å². The van der Waals surface area contributed by atoms with E-state index >= 15 is 0 Å². The lowest BCUT2D eigenvalue weighted by Gasteiger charge is -2.42. The van der Waals surface area contributed by atoms with Gasteiger partial charge in [0.25, 0.3) is 5.88 Å². The summed E-state index contributed by atoms with van der Waals surface area (Å²) in [6, 6.07) is 10.4. The molecule has 0 radical (unpaired) electrons. The van der Waals surface area contributed by atoms with Crippen molar-refractivity contribution in [1.29, 1.82) is 0 Å². The molecule has 0 amide bonds. The first-order chi connectivity index (χ1) is 22.1. The van der Waals surface area contributed by atoms with Crippen LogP contribution in [0.15, 0.2) is 36.4 Å². The van der Waals surface area contributed by atoms with E-state index in [0.29, 0.717) is 29.8 Å². The van der Waals surface area contributed by atoms with Gasteiger partial charge in [0.05, 0.1) is 38.3 Å². The molecule has 0 aliphatic carbocycles. The molecule has 0 spiro atoms. The Balaban J connectivity index is 1.47. The van der Waals surface area contributed by atoms with Gasteiger partial charge in [0.15, 0.2) is 0 Å². The summed E-state index contributed by atoms with van der Waals surface area (Å²) in [5, 5.41) is 0. The zero-order chi connectivity index (χ0) is 32.0. The maximum atomic E-state index is 13.2. The maximum absolute atomic E-state index is 13.2. The van der Waals surface area contributed by atoms with Gasteiger partial charge in [0.2, 0.25) is 6.23 Å². The monoisotopic (exact) mass is 640 g/mol. The van der Waals surface area contributed by atoms with Crippen molar-refractivity contribution < 1.29 is 18.8 Å². The number of ether oxygens (including phenoxy) is 2. The van der Waals surface area contributed by atoms with Crippen LogP contribution in [0.1, 0.15) is 147 Å². The van der Waals surface area contributed by atoms with Gasteiger partial charge in [-0.1, -0.05) is 147 Å². The molecule has 252 valence electrons. The van der Waals surface area contributed by atoms with Crippen LogP contribution < -0.4 is 4.74 Å². The van der Waals surface area contributed by atoms with E-state index in [9.17, 15) is 4.79 Å². The van der Waals surface area contributed by atoms with Crippen molar-refractivity contribution in [3.8, 4) is 5.88 Å². The Kier molecular flexibility index (Phi) is 18.4. The number of rotatable bonds is 25. The van der Waals surface area contributed by atoms with Gasteiger partial charge in [-0.3, -0.25) is 9.28 Å². The third kappa shape index (κ3) is 14.4. The number of unbranched alkanes of at least 4 members (excludes halogenated alkanes) is 15. The van der Waals surface area contributed by atoms with Crippen LogP contribution in [-0.2, 0) is 16.0 Å². The molecule has 3 rings (SSSR count). The number of esters is 1. The lowest BCUT2D eigenvalue weighted by Crippen LogP contribution is -2.57. The molecule has 0 bridgehead atoms. The average Bonchev–Trinajstić information content (AvgIpc) is 3.52. The number of hydrogen-bond acceptors (Lipinski definition) is 6. The summed E-state index contributed by atoms with van der Waals surface area (Å²) in [6.07, 6.45) is 25.6. The Morgan fingerprint density at radius 3 is 2.07 bits per heavy atom. The van der Waals surface area contributed by atoms with Gasteiger partial charge in [-0.15, -0.1) is 4.37 Å². The highest BCUT2D eigenvalue weighted by atomic mass is 32.1. The molecule has 0 fully saturated rings. The fraction of sp³-hybridized carbons (Fsp3) is 0.711. The zero-order valence-corrected chi connectivity index (χ0v) is 29.6. The van der Waals surface area contributed by atoms with Crippen molar-refractivity contribution in [2.24, 2.45) is 0 Å². The molecule has 1 aliphatic heterocycles. The first-order valence-electron chi connectivity index (χ1n) is 18.3. The summed E-state index contributed by atoms with van der Waals surface area (Å²) >= 11 is 1.21. The van der Waals surface area contributed by atoms with Gasteiger partial charge in [0.1, 0.15) is 12.2 Å². The summed E-state index contributed by atoms with van der Waals surface area (Å²) in [4.78, 5) is 13.2. The van der Waals surface area contributed by atoms with Gasteiger partial charge < -0.3 is 9.47 Å². The number of carbonyl (C=O) groups excluding carboxylic acids is 1. The number of hydrogen-bond donors (Lipinski definition) is 0. The summed E-state index contributed by atoms with van der Waals surface area (Å²) < 4.78 is 22.2. The van der Waals surface area contributed by atoms with E-state index in [2.05, 4.69) is 60.0 Å². The number of carbonyl (C=O) groups is 1. The molecule has 1 aromatic heterocycles. The molecule has 0 saturated carbocycles. The smallest absolute Gasteiger partial charge is 0.310 e. The second-order valence-electron chi connectivity index (χ2n) is 13.3. The highest BCUT2D eigenvalue weighted by Gasteiger charge is 2.39. The Morgan fingerprint density at radius 2 is 1.42 bits per heavy atom. The van der Waals surface area contributed by atoms with Crippen LogP contribution >= 0.6 is 11.7 Å². The van der Waals surface area contributed by atoms with Crippen molar-refractivity contribution in [1.82, 2.24) is 8.75 Å². The summed E-state index contributed by atoms with van der Waals surface area (Å²) in [5.74, 6) is 0.580. The molecule has 2 atom stereocenters. The highest BCUT2D eigenvalue weighted by molar-refractivity contribution is 6.99. The number of likely N-dealkylation sites (N-methyl/N-ethyl adjacent to an activating group) is 1. The Bertz CT molecular complexity index is 1090. The largest absolute Gasteiger partial charge is 0.475 e. The van der Waals surface area contributed by atoms with Crippen molar-refractivity contribution in [2.75, 3.05) is 26.7 Å². The standard InChI is InChI=1S/C38H62N3O3S/c1-4-6-8-10-11-12-13-14-15-16-17-18-22-28-36(42)44-35(31-33-25-20-19-21-26-33)41(3)29-24-27-34(32-41)37-38(40-45-39-37)43-30-23-9-7-5-2/h19-21,25-27,35H,4-18,22-24,28-32H2,1-3H3/q+1. The predicted molar refractivity (Wildman–Crippen MR) is 188 cm³/mol. The number of aromatic nitrogens is 2. The fourth-order valence-electron chi connectivity index (χ4n) is 6.36. The summed E-state index contributed by atoms with van der Waals surface area (Å²) in [6.45, 7) is 6.82. The maximum Gasteiger partial charge on any atom is 0.310 e. The van der Waals surface area contributed by atoms with Crippen LogP contribution in [0.2, 0.25) is 0 Å². The Morgan fingerprint density at radius 1 is 0.822 bits per heavy atom. The van der Waals surface area contributed by atoms with Crippen LogP contribution in [0.4, 0.5) is 0 Å².